The zero-order chi connectivity index (χ0) is 19.9. The standard InChI is InChI=1S/C21H27F2N3O2/c1-15(2)24-8-5-19(13-24)28-18-3-4-20-16(12-18)11-17(14-27)26(20)25-9-6-21(22,23)7-10-25/h3-4,11-12,14-15,19H,5-10,13H2,1-2H3/t19-/m1/s1. The van der Waals surface area contributed by atoms with Gasteiger partial charge in [0.2, 0.25) is 0 Å². The second-order valence-corrected chi connectivity index (χ2v) is 8.15. The van der Waals surface area contributed by atoms with Gasteiger partial charge < -0.3 is 9.75 Å². The smallest absolute Gasteiger partial charge is 0.251 e. The van der Waals surface area contributed by atoms with E-state index in [0.29, 0.717) is 11.7 Å². The van der Waals surface area contributed by atoms with Gasteiger partial charge >= 0.3 is 0 Å². The minimum Gasteiger partial charge on any atom is -0.489 e. The molecule has 0 spiro atoms. The first-order valence-electron chi connectivity index (χ1n) is 10.0. The number of carbonyl (C=O) groups excluding carboxylic acids is 1. The quantitative estimate of drug-likeness (QED) is 0.729. The van der Waals surface area contributed by atoms with Crippen LogP contribution in [0.25, 0.3) is 10.9 Å². The van der Waals surface area contributed by atoms with Gasteiger partial charge in [-0.2, -0.15) is 0 Å². The highest BCUT2D eigenvalue weighted by atomic mass is 19.3. The third-order valence-electron chi connectivity index (χ3n) is 5.86. The second-order valence-electron chi connectivity index (χ2n) is 8.15. The maximum Gasteiger partial charge on any atom is 0.251 e. The zero-order valence-corrected chi connectivity index (χ0v) is 16.4. The van der Waals surface area contributed by atoms with Crippen LogP contribution in [0.3, 0.4) is 0 Å². The van der Waals surface area contributed by atoms with Gasteiger partial charge in [-0.25, -0.2) is 8.78 Å². The first-order chi connectivity index (χ1) is 13.4. The highest BCUT2D eigenvalue weighted by Gasteiger charge is 2.35. The molecule has 0 N–H and O–H groups in total. The lowest BCUT2D eigenvalue weighted by molar-refractivity contribution is -0.0257. The Bertz CT molecular complexity index is 855. The van der Waals surface area contributed by atoms with Crippen LogP contribution in [0.15, 0.2) is 24.3 Å². The molecule has 2 aromatic rings. The van der Waals surface area contributed by atoms with E-state index in [-0.39, 0.29) is 32.0 Å². The van der Waals surface area contributed by atoms with Crippen LogP contribution in [0, 0.1) is 0 Å². The monoisotopic (exact) mass is 391 g/mol. The van der Waals surface area contributed by atoms with Crippen molar-refractivity contribution in [1.82, 2.24) is 9.58 Å². The Balaban J connectivity index is 1.55. The summed E-state index contributed by atoms with van der Waals surface area (Å²) in [5.74, 6) is -1.84. The summed E-state index contributed by atoms with van der Waals surface area (Å²) < 4.78 is 35.0. The second kappa shape index (κ2) is 7.35. The first-order valence-corrected chi connectivity index (χ1v) is 10.0. The first kappa shape index (κ1) is 19.2. The van der Waals surface area contributed by atoms with E-state index < -0.39 is 5.92 Å². The summed E-state index contributed by atoms with van der Waals surface area (Å²) in [5.41, 5.74) is 1.32. The topological polar surface area (TPSA) is 37.7 Å². The largest absolute Gasteiger partial charge is 0.489 e. The van der Waals surface area contributed by atoms with E-state index in [4.69, 9.17) is 4.74 Å². The highest BCUT2D eigenvalue weighted by Crippen LogP contribution is 2.31. The Kier molecular flexibility index (Phi) is 5.04. The number of fused-ring (bicyclic) bond motifs is 1. The number of alkyl halides is 2. The van der Waals surface area contributed by atoms with E-state index in [2.05, 4.69) is 18.7 Å². The zero-order valence-electron chi connectivity index (χ0n) is 16.4. The number of hydrogen-bond acceptors (Lipinski definition) is 4. The number of benzene rings is 1. The minimum absolute atomic E-state index is 0.164. The highest BCUT2D eigenvalue weighted by molar-refractivity contribution is 5.90. The normalized spacial score (nSPS) is 22.9. The maximum absolute atomic E-state index is 13.5. The molecule has 5 nitrogen and oxygen atoms in total. The molecule has 4 rings (SSSR count). The lowest BCUT2D eigenvalue weighted by atomic mass is 10.1. The Morgan fingerprint density at radius 3 is 2.57 bits per heavy atom. The molecule has 0 unspecified atom stereocenters. The molecule has 28 heavy (non-hydrogen) atoms. The van der Waals surface area contributed by atoms with Crippen LogP contribution in [-0.4, -0.2) is 60.1 Å². The predicted octanol–water partition coefficient (Wildman–Crippen LogP) is 3.68. The fourth-order valence-corrected chi connectivity index (χ4v) is 4.21. The van der Waals surface area contributed by atoms with Gasteiger partial charge in [0.05, 0.1) is 5.52 Å². The number of aromatic nitrogens is 1. The van der Waals surface area contributed by atoms with Gasteiger partial charge in [-0.1, -0.05) is 0 Å². The lowest BCUT2D eigenvalue weighted by Gasteiger charge is -2.35. The molecule has 0 saturated carbocycles. The van der Waals surface area contributed by atoms with Crippen LogP contribution < -0.4 is 9.75 Å². The van der Waals surface area contributed by atoms with E-state index in [1.807, 2.05) is 23.2 Å². The summed E-state index contributed by atoms with van der Waals surface area (Å²) >= 11 is 0. The van der Waals surface area contributed by atoms with E-state index in [1.54, 1.807) is 10.7 Å². The van der Waals surface area contributed by atoms with Gasteiger partial charge in [-0.15, -0.1) is 0 Å². The van der Waals surface area contributed by atoms with Gasteiger partial charge in [0.25, 0.3) is 5.92 Å². The third-order valence-corrected chi connectivity index (χ3v) is 5.86. The number of likely N-dealkylation sites (tertiary alicyclic amines) is 1. The molecule has 1 atom stereocenters. The molecule has 1 aromatic heterocycles. The molecule has 0 bridgehead atoms. The number of ether oxygens (including phenoxy) is 1. The van der Waals surface area contributed by atoms with Crippen molar-refractivity contribution in [2.75, 3.05) is 31.2 Å². The molecule has 2 aliphatic heterocycles. The summed E-state index contributed by atoms with van der Waals surface area (Å²) in [7, 11) is 0. The van der Waals surface area contributed by atoms with Gasteiger partial charge in [0.1, 0.15) is 17.5 Å². The van der Waals surface area contributed by atoms with E-state index in [0.717, 1.165) is 42.4 Å². The van der Waals surface area contributed by atoms with Crippen LogP contribution in [0.4, 0.5) is 8.78 Å². The van der Waals surface area contributed by atoms with Crippen molar-refractivity contribution in [3.63, 3.8) is 0 Å². The summed E-state index contributed by atoms with van der Waals surface area (Å²) in [6.45, 7) is 6.78. The Hall–Kier alpha value is -2.15. The van der Waals surface area contributed by atoms with Crippen molar-refractivity contribution in [2.24, 2.45) is 0 Å². The lowest BCUT2D eigenvalue weighted by Crippen LogP contribution is -2.46. The summed E-state index contributed by atoms with van der Waals surface area (Å²) in [5, 5.41) is 2.72. The number of nitrogens with zero attached hydrogens (tertiary/aromatic N) is 3. The summed E-state index contributed by atoms with van der Waals surface area (Å²) in [4.78, 5) is 14.0. The van der Waals surface area contributed by atoms with E-state index in [9.17, 15) is 13.6 Å². The van der Waals surface area contributed by atoms with Crippen LogP contribution in [0.5, 0.6) is 5.75 Å². The molecular weight excluding hydrogens is 364 g/mol. The summed E-state index contributed by atoms with van der Waals surface area (Å²) in [6.07, 6.45) is 1.56. The fourth-order valence-electron chi connectivity index (χ4n) is 4.21. The molecule has 0 amide bonds. The molecule has 152 valence electrons. The molecule has 0 aliphatic carbocycles. The molecule has 7 heteroatoms. The molecular formula is C21H27F2N3O2. The predicted molar refractivity (Wildman–Crippen MR) is 105 cm³/mol. The number of rotatable bonds is 5. The molecule has 2 saturated heterocycles. The maximum atomic E-state index is 13.5. The van der Waals surface area contributed by atoms with Gasteiger partial charge in [-0.05, 0) is 44.5 Å². The molecule has 1 aromatic carbocycles. The SMILES string of the molecule is CC(C)N1CC[C@@H](Oc2ccc3c(c2)cc(C=O)n3N2CCC(F)(F)CC2)C1. The van der Waals surface area contributed by atoms with E-state index in [1.165, 1.54) is 0 Å². The number of hydrogen-bond donors (Lipinski definition) is 0. The number of aldehydes is 1. The van der Waals surface area contributed by atoms with Crippen molar-refractivity contribution >= 4 is 17.2 Å². The Morgan fingerprint density at radius 1 is 1.18 bits per heavy atom. The van der Waals surface area contributed by atoms with Crippen LogP contribution in [0.2, 0.25) is 0 Å². The third kappa shape index (κ3) is 3.72. The van der Waals surface area contributed by atoms with E-state index >= 15 is 0 Å². The number of carbonyl (C=O) groups is 1. The van der Waals surface area contributed by atoms with Gasteiger partial charge in [-0.3, -0.25) is 14.4 Å². The average Bonchev–Trinajstić information content (AvgIpc) is 3.26. The number of piperidine rings is 1. The van der Waals surface area contributed by atoms with Crippen LogP contribution >= 0.6 is 0 Å². The average molecular weight is 391 g/mol. The van der Waals surface area contributed by atoms with Crippen molar-refractivity contribution in [3.8, 4) is 5.75 Å². The Morgan fingerprint density at radius 2 is 1.93 bits per heavy atom. The van der Waals surface area contributed by atoms with Gasteiger partial charge in [0.15, 0.2) is 6.29 Å². The van der Waals surface area contributed by atoms with Crippen molar-refractivity contribution in [3.05, 3.63) is 30.0 Å². The molecule has 3 heterocycles. The van der Waals surface area contributed by atoms with Crippen LogP contribution in [-0.2, 0) is 0 Å². The molecule has 2 fully saturated rings. The minimum atomic E-state index is -2.62. The van der Waals surface area contributed by atoms with Crippen molar-refractivity contribution < 1.29 is 18.3 Å². The van der Waals surface area contributed by atoms with Crippen molar-refractivity contribution in [2.45, 2.75) is 51.2 Å². The molecule has 0 radical (unpaired) electrons. The van der Waals surface area contributed by atoms with Crippen molar-refractivity contribution in [1.29, 1.82) is 0 Å². The fraction of sp³-hybridized carbons (Fsp3) is 0.571. The summed E-state index contributed by atoms with van der Waals surface area (Å²) in [6, 6.07) is 8.08. The molecule has 2 aliphatic rings. The Labute approximate surface area is 163 Å². The van der Waals surface area contributed by atoms with Gasteiger partial charge in [0, 0.05) is 50.4 Å². The van der Waals surface area contributed by atoms with Crippen LogP contribution in [0.1, 0.15) is 43.6 Å². The number of halogens is 2.